The van der Waals surface area contributed by atoms with E-state index in [1.807, 2.05) is 20.8 Å². The van der Waals surface area contributed by atoms with E-state index >= 15 is 0 Å². The molecule has 0 radical (unpaired) electrons. The Labute approximate surface area is 111 Å². The molecule has 19 heavy (non-hydrogen) atoms. The number of phenols is 1. The van der Waals surface area contributed by atoms with Gasteiger partial charge in [-0.3, -0.25) is 0 Å². The van der Waals surface area contributed by atoms with E-state index in [0.29, 0.717) is 18.0 Å². The van der Waals surface area contributed by atoms with Gasteiger partial charge in [-0.25, -0.2) is 0 Å². The van der Waals surface area contributed by atoms with E-state index in [0.717, 1.165) is 0 Å². The van der Waals surface area contributed by atoms with Crippen LogP contribution in [0.2, 0.25) is 0 Å². The second kappa shape index (κ2) is 4.89. The molecule has 0 fully saturated rings. The normalized spacial score (nSPS) is 11.7. The number of hydrogen-bond donors (Lipinski definition) is 2. The fourth-order valence-electron chi connectivity index (χ4n) is 1.74. The minimum atomic E-state index is -0.646. The molecule has 0 aliphatic carbocycles. The monoisotopic (exact) mass is 263 g/mol. The number of phenolic OH excluding ortho intramolecular Hbond substituents is 1. The summed E-state index contributed by atoms with van der Waals surface area (Å²) in [7, 11) is 0. The van der Waals surface area contributed by atoms with E-state index in [1.54, 1.807) is 18.2 Å². The molecular weight excluding hydrogens is 246 g/mol. The van der Waals surface area contributed by atoms with Gasteiger partial charge in [0, 0.05) is 6.61 Å². The highest BCUT2D eigenvalue weighted by Crippen LogP contribution is 2.33. The Morgan fingerprint density at radius 1 is 1.42 bits per heavy atom. The molecule has 0 saturated carbocycles. The zero-order valence-corrected chi connectivity index (χ0v) is 11.2. The first kappa shape index (κ1) is 13.4. The highest BCUT2D eigenvalue weighted by atomic mass is 16.5. The van der Waals surface area contributed by atoms with Crippen LogP contribution in [0.5, 0.6) is 5.75 Å². The molecule has 0 bridgehead atoms. The van der Waals surface area contributed by atoms with Crippen molar-refractivity contribution in [3.63, 3.8) is 0 Å². The maximum absolute atomic E-state index is 9.88. The average Bonchev–Trinajstić information content (AvgIpc) is 2.82. The molecule has 1 aromatic heterocycles. The SMILES string of the molecule is CCOC(C)(C)c1noc(-c2cccc(N)c2O)n1. The van der Waals surface area contributed by atoms with E-state index in [9.17, 15) is 5.11 Å². The van der Waals surface area contributed by atoms with Gasteiger partial charge in [0.2, 0.25) is 5.82 Å². The van der Waals surface area contributed by atoms with Crippen LogP contribution in [0, 0.1) is 0 Å². The summed E-state index contributed by atoms with van der Waals surface area (Å²) in [4.78, 5) is 4.25. The van der Waals surface area contributed by atoms with Gasteiger partial charge < -0.3 is 20.1 Å². The molecule has 2 rings (SSSR count). The van der Waals surface area contributed by atoms with Crippen molar-refractivity contribution < 1.29 is 14.4 Å². The number of hydrogen-bond acceptors (Lipinski definition) is 6. The predicted octanol–water partition coefficient (Wildman–Crippen LogP) is 2.30. The summed E-state index contributed by atoms with van der Waals surface area (Å²) in [5.74, 6) is 0.575. The molecule has 1 heterocycles. The highest BCUT2D eigenvalue weighted by molar-refractivity contribution is 5.71. The molecule has 102 valence electrons. The van der Waals surface area contributed by atoms with Gasteiger partial charge in [0.15, 0.2) is 5.75 Å². The van der Waals surface area contributed by atoms with Crippen molar-refractivity contribution in [1.29, 1.82) is 0 Å². The Bertz CT molecular complexity index is 578. The van der Waals surface area contributed by atoms with E-state index in [1.165, 1.54) is 0 Å². The van der Waals surface area contributed by atoms with Crippen LogP contribution in [0.15, 0.2) is 22.7 Å². The summed E-state index contributed by atoms with van der Waals surface area (Å²) in [6.45, 7) is 6.14. The summed E-state index contributed by atoms with van der Waals surface area (Å²) >= 11 is 0. The second-order valence-electron chi connectivity index (χ2n) is 4.61. The Hall–Kier alpha value is -2.08. The lowest BCUT2D eigenvalue weighted by Gasteiger charge is -2.19. The van der Waals surface area contributed by atoms with Gasteiger partial charge in [-0.15, -0.1) is 0 Å². The van der Waals surface area contributed by atoms with E-state index in [4.69, 9.17) is 15.0 Å². The average molecular weight is 263 g/mol. The number of rotatable bonds is 4. The van der Waals surface area contributed by atoms with E-state index in [-0.39, 0.29) is 17.3 Å². The quantitative estimate of drug-likeness (QED) is 0.649. The third kappa shape index (κ3) is 2.53. The van der Waals surface area contributed by atoms with Gasteiger partial charge in [-0.05, 0) is 32.9 Å². The van der Waals surface area contributed by atoms with Gasteiger partial charge in [0.05, 0.1) is 11.3 Å². The Balaban J connectivity index is 2.39. The number of nitrogen functional groups attached to an aromatic ring is 1. The minimum Gasteiger partial charge on any atom is -0.505 e. The number of benzene rings is 1. The summed E-state index contributed by atoms with van der Waals surface area (Å²) < 4.78 is 10.7. The number of nitrogens with two attached hydrogens (primary N) is 1. The lowest BCUT2D eigenvalue weighted by Crippen LogP contribution is -2.23. The predicted molar refractivity (Wildman–Crippen MR) is 70.5 cm³/mol. The Kier molecular flexibility index (Phi) is 3.44. The summed E-state index contributed by atoms with van der Waals surface area (Å²) in [6.07, 6.45) is 0. The third-order valence-electron chi connectivity index (χ3n) is 2.77. The number of ether oxygens (including phenoxy) is 1. The summed E-state index contributed by atoms with van der Waals surface area (Å²) in [6, 6.07) is 4.97. The van der Waals surface area contributed by atoms with Crippen molar-refractivity contribution >= 4 is 5.69 Å². The van der Waals surface area contributed by atoms with Gasteiger partial charge in [0.25, 0.3) is 5.89 Å². The molecule has 6 heteroatoms. The second-order valence-corrected chi connectivity index (χ2v) is 4.61. The molecule has 3 N–H and O–H groups in total. The molecule has 0 spiro atoms. The minimum absolute atomic E-state index is 0.0630. The van der Waals surface area contributed by atoms with Crippen molar-refractivity contribution in [3.05, 3.63) is 24.0 Å². The zero-order valence-electron chi connectivity index (χ0n) is 11.2. The van der Waals surface area contributed by atoms with Crippen LogP contribution in [-0.2, 0) is 10.3 Å². The molecule has 1 aromatic carbocycles. The van der Waals surface area contributed by atoms with Crippen LogP contribution in [0.25, 0.3) is 11.5 Å². The maximum atomic E-state index is 9.88. The van der Waals surface area contributed by atoms with Crippen LogP contribution in [-0.4, -0.2) is 21.9 Å². The maximum Gasteiger partial charge on any atom is 0.261 e. The molecule has 0 unspecified atom stereocenters. The van der Waals surface area contributed by atoms with Gasteiger partial charge in [0.1, 0.15) is 5.60 Å². The lowest BCUT2D eigenvalue weighted by molar-refractivity contribution is -0.0221. The van der Waals surface area contributed by atoms with Gasteiger partial charge in [-0.1, -0.05) is 11.2 Å². The van der Waals surface area contributed by atoms with Gasteiger partial charge >= 0.3 is 0 Å². The number of anilines is 1. The zero-order chi connectivity index (χ0) is 14.0. The van der Waals surface area contributed by atoms with Gasteiger partial charge in [-0.2, -0.15) is 4.98 Å². The fraction of sp³-hybridized carbons (Fsp3) is 0.385. The lowest BCUT2D eigenvalue weighted by atomic mass is 10.1. The standard InChI is InChI=1S/C13H17N3O3/c1-4-18-13(2,3)12-15-11(19-16-12)8-6-5-7-9(14)10(8)17/h5-7,17H,4,14H2,1-3H3. The van der Waals surface area contributed by atoms with Crippen molar-refractivity contribution in [1.82, 2.24) is 10.1 Å². The van der Waals surface area contributed by atoms with Crippen LogP contribution >= 0.6 is 0 Å². The van der Waals surface area contributed by atoms with Crippen LogP contribution in [0.3, 0.4) is 0 Å². The van der Waals surface area contributed by atoms with Crippen LogP contribution in [0.1, 0.15) is 26.6 Å². The van der Waals surface area contributed by atoms with Crippen molar-refractivity contribution in [2.75, 3.05) is 12.3 Å². The Morgan fingerprint density at radius 3 is 2.84 bits per heavy atom. The van der Waals surface area contributed by atoms with Crippen molar-refractivity contribution in [2.45, 2.75) is 26.4 Å². The first-order valence-corrected chi connectivity index (χ1v) is 6.01. The van der Waals surface area contributed by atoms with Crippen molar-refractivity contribution in [3.8, 4) is 17.2 Å². The van der Waals surface area contributed by atoms with E-state index in [2.05, 4.69) is 10.1 Å². The topological polar surface area (TPSA) is 94.4 Å². The van der Waals surface area contributed by atoms with Crippen molar-refractivity contribution in [2.24, 2.45) is 0 Å². The molecule has 2 aromatic rings. The molecule has 0 amide bonds. The molecule has 0 aliphatic heterocycles. The number of aromatic hydroxyl groups is 1. The molecule has 6 nitrogen and oxygen atoms in total. The molecule has 0 saturated heterocycles. The first-order chi connectivity index (χ1) is 8.95. The molecular formula is C13H17N3O3. The molecule has 0 atom stereocenters. The summed E-state index contributed by atoms with van der Waals surface area (Å²) in [5.41, 5.74) is 5.66. The third-order valence-corrected chi connectivity index (χ3v) is 2.77. The largest absolute Gasteiger partial charge is 0.505 e. The Morgan fingerprint density at radius 2 is 2.16 bits per heavy atom. The number of nitrogens with zero attached hydrogens (tertiary/aromatic N) is 2. The van der Waals surface area contributed by atoms with Crippen LogP contribution < -0.4 is 5.73 Å². The van der Waals surface area contributed by atoms with E-state index < -0.39 is 5.60 Å². The first-order valence-electron chi connectivity index (χ1n) is 6.01. The molecule has 0 aliphatic rings. The smallest absolute Gasteiger partial charge is 0.261 e. The number of aromatic nitrogens is 2. The fourth-order valence-corrected chi connectivity index (χ4v) is 1.74. The summed E-state index contributed by atoms with van der Waals surface area (Å²) in [5, 5.41) is 13.8. The van der Waals surface area contributed by atoms with Crippen LogP contribution in [0.4, 0.5) is 5.69 Å². The highest BCUT2D eigenvalue weighted by Gasteiger charge is 2.28. The number of para-hydroxylation sites is 1.